The SMILES string of the molecule is O=[N+]([O-])c1ccccc1CNN(c1ccccc1)c1ccccc1. The van der Waals surface area contributed by atoms with E-state index in [-0.39, 0.29) is 10.6 Å². The lowest BCUT2D eigenvalue weighted by atomic mass is 10.2. The van der Waals surface area contributed by atoms with Gasteiger partial charge in [0.2, 0.25) is 0 Å². The van der Waals surface area contributed by atoms with Crippen molar-refractivity contribution in [3.8, 4) is 0 Å². The third-order valence-corrected chi connectivity index (χ3v) is 3.64. The second-order valence-corrected chi connectivity index (χ2v) is 5.23. The Morgan fingerprint density at radius 2 is 1.29 bits per heavy atom. The average molecular weight is 319 g/mol. The van der Waals surface area contributed by atoms with Crippen LogP contribution in [0.1, 0.15) is 5.56 Å². The highest BCUT2D eigenvalue weighted by molar-refractivity contribution is 5.61. The molecule has 0 aliphatic heterocycles. The van der Waals surface area contributed by atoms with Gasteiger partial charge in [-0.2, -0.15) is 0 Å². The molecule has 0 saturated heterocycles. The van der Waals surface area contributed by atoms with Crippen LogP contribution in [0.5, 0.6) is 0 Å². The maximum Gasteiger partial charge on any atom is 0.273 e. The van der Waals surface area contributed by atoms with E-state index in [4.69, 9.17) is 0 Å². The molecule has 0 heterocycles. The summed E-state index contributed by atoms with van der Waals surface area (Å²) in [7, 11) is 0. The van der Waals surface area contributed by atoms with E-state index in [1.54, 1.807) is 18.2 Å². The molecule has 5 nitrogen and oxygen atoms in total. The molecule has 0 atom stereocenters. The molecule has 3 rings (SSSR count). The van der Waals surface area contributed by atoms with Gasteiger partial charge in [-0.1, -0.05) is 54.6 Å². The van der Waals surface area contributed by atoms with Crippen molar-refractivity contribution in [2.24, 2.45) is 0 Å². The maximum atomic E-state index is 11.2. The predicted molar refractivity (Wildman–Crippen MR) is 95.0 cm³/mol. The molecular weight excluding hydrogens is 302 g/mol. The highest BCUT2D eigenvalue weighted by Crippen LogP contribution is 2.24. The third kappa shape index (κ3) is 3.59. The summed E-state index contributed by atoms with van der Waals surface area (Å²) in [6.07, 6.45) is 0. The Hall–Kier alpha value is -3.18. The molecule has 0 aromatic heterocycles. The standard InChI is InChI=1S/C19H17N3O2/c23-22(24)19-14-8-7-9-16(19)15-20-21(17-10-3-1-4-11-17)18-12-5-2-6-13-18/h1-14,20H,15H2. The lowest BCUT2D eigenvalue weighted by Crippen LogP contribution is -2.33. The molecule has 3 aromatic carbocycles. The van der Waals surface area contributed by atoms with Crippen molar-refractivity contribution in [1.29, 1.82) is 0 Å². The first-order valence-corrected chi connectivity index (χ1v) is 7.62. The van der Waals surface area contributed by atoms with Crippen LogP contribution in [0.2, 0.25) is 0 Å². The number of nitro benzene ring substituents is 1. The van der Waals surface area contributed by atoms with Crippen LogP contribution in [-0.2, 0) is 6.54 Å². The molecule has 120 valence electrons. The Kier molecular flexibility index (Phi) is 4.84. The van der Waals surface area contributed by atoms with E-state index in [1.165, 1.54) is 6.07 Å². The van der Waals surface area contributed by atoms with E-state index in [2.05, 4.69) is 5.43 Å². The fourth-order valence-corrected chi connectivity index (χ4v) is 2.49. The molecule has 3 aromatic rings. The number of anilines is 2. The summed E-state index contributed by atoms with van der Waals surface area (Å²) in [5.41, 5.74) is 5.97. The van der Waals surface area contributed by atoms with Crippen LogP contribution in [0.3, 0.4) is 0 Å². The van der Waals surface area contributed by atoms with Crippen molar-refractivity contribution >= 4 is 17.1 Å². The number of hydrogen-bond acceptors (Lipinski definition) is 4. The molecule has 0 aliphatic carbocycles. The van der Waals surface area contributed by atoms with Gasteiger partial charge in [0.15, 0.2) is 0 Å². The van der Waals surface area contributed by atoms with Gasteiger partial charge >= 0.3 is 0 Å². The van der Waals surface area contributed by atoms with Crippen molar-refractivity contribution in [3.63, 3.8) is 0 Å². The van der Waals surface area contributed by atoms with E-state index in [9.17, 15) is 10.1 Å². The topological polar surface area (TPSA) is 58.4 Å². The fourth-order valence-electron chi connectivity index (χ4n) is 2.49. The van der Waals surface area contributed by atoms with E-state index in [1.807, 2.05) is 65.7 Å². The highest BCUT2D eigenvalue weighted by atomic mass is 16.6. The quantitative estimate of drug-likeness (QED) is 0.539. The largest absolute Gasteiger partial charge is 0.277 e. The highest BCUT2D eigenvalue weighted by Gasteiger charge is 2.14. The van der Waals surface area contributed by atoms with Crippen LogP contribution in [-0.4, -0.2) is 4.92 Å². The molecule has 24 heavy (non-hydrogen) atoms. The van der Waals surface area contributed by atoms with Crippen molar-refractivity contribution < 1.29 is 4.92 Å². The number of hydrazine groups is 1. The minimum absolute atomic E-state index is 0.117. The van der Waals surface area contributed by atoms with Gasteiger partial charge in [-0.25, -0.2) is 5.43 Å². The summed E-state index contributed by atoms with van der Waals surface area (Å²) in [6, 6.07) is 26.4. The lowest BCUT2D eigenvalue weighted by molar-refractivity contribution is -0.385. The summed E-state index contributed by atoms with van der Waals surface area (Å²) in [6.45, 7) is 0.348. The van der Waals surface area contributed by atoms with Gasteiger partial charge in [-0.3, -0.25) is 15.1 Å². The van der Waals surface area contributed by atoms with Gasteiger partial charge in [0.1, 0.15) is 0 Å². The summed E-state index contributed by atoms with van der Waals surface area (Å²) >= 11 is 0. The number of nitro groups is 1. The molecular formula is C19H17N3O2. The number of rotatable bonds is 6. The first-order chi connectivity index (χ1) is 11.8. The van der Waals surface area contributed by atoms with Crippen molar-refractivity contribution in [3.05, 3.63) is 101 Å². The van der Waals surface area contributed by atoms with E-state index >= 15 is 0 Å². The Balaban J connectivity index is 1.87. The zero-order valence-electron chi connectivity index (χ0n) is 13.0. The minimum atomic E-state index is -0.355. The van der Waals surface area contributed by atoms with Crippen LogP contribution in [0.25, 0.3) is 0 Å². The zero-order chi connectivity index (χ0) is 16.8. The molecule has 0 bridgehead atoms. The number of nitrogens with one attached hydrogen (secondary N) is 1. The maximum absolute atomic E-state index is 11.2. The van der Waals surface area contributed by atoms with Crippen molar-refractivity contribution in [2.45, 2.75) is 6.54 Å². The van der Waals surface area contributed by atoms with E-state index in [0.29, 0.717) is 12.1 Å². The fraction of sp³-hybridized carbons (Fsp3) is 0.0526. The van der Waals surface area contributed by atoms with Gasteiger partial charge in [-0.15, -0.1) is 0 Å². The molecule has 5 heteroatoms. The minimum Gasteiger partial charge on any atom is -0.277 e. The molecule has 0 saturated carbocycles. The number of hydrogen-bond donors (Lipinski definition) is 1. The van der Waals surface area contributed by atoms with Gasteiger partial charge in [0, 0.05) is 18.2 Å². The normalized spacial score (nSPS) is 10.3. The predicted octanol–water partition coefficient (Wildman–Crippen LogP) is 4.44. The summed E-state index contributed by atoms with van der Waals surface area (Å²) in [5, 5.41) is 13.1. The second-order valence-electron chi connectivity index (χ2n) is 5.23. The molecule has 0 amide bonds. The second kappa shape index (κ2) is 7.39. The third-order valence-electron chi connectivity index (χ3n) is 3.64. The Labute approximate surface area is 140 Å². The van der Waals surface area contributed by atoms with E-state index < -0.39 is 0 Å². The summed E-state index contributed by atoms with van der Waals surface area (Å²) in [5.74, 6) is 0. The van der Waals surface area contributed by atoms with Gasteiger partial charge in [0.25, 0.3) is 5.69 Å². The first-order valence-electron chi connectivity index (χ1n) is 7.62. The number of para-hydroxylation sites is 3. The zero-order valence-corrected chi connectivity index (χ0v) is 13.0. The molecule has 0 spiro atoms. The summed E-state index contributed by atoms with van der Waals surface area (Å²) < 4.78 is 0. The van der Waals surface area contributed by atoms with Gasteiger partial charge in [0.05, 0.1) is 16.3 Å². The smallest absolute Gasteiger partial charge is 0.273 e. The average Bonchev–Trinajstić information content (AvgIpc) is 2.64. The summed E-state index contributed by atoms with van der Waals surface area (Å²) in [4.78, 5) is 10.8. The van der Waals surface area contributed by atoms with Crippen molar-refractivity contribution in [1.82, 2.24) is 5.43 Å². The first kappa shape index (κ1) is 15.7. The van der Waals surface area contributed by atoms with Gasteiger partial charge < -0.3 is 0 Å². The van der Waals surface area contributed by atoms with Crippen LogP contribution >= 0.6 is 0 Å². The van der Waals surface area contributed by atoms with Crippen LogP contribution < -0.4 is 10.4 Å². The van der Waals surface area contributed by atoms with Gasteiger partial charge in [-0.05, 0) is 24.3 Å². The van der Waals surface area contributed by atoms with Crippen LogP contribution in [0.4, 0.5) is 17.1 Å². The Morgan fingerprint density at radius 3 is 1.83 bits per heavy atom. The molecule has 0 radical (unpaired) electrons. The van der Waals surface area contributed by atoms with Crippen LogP contribution in [0, 0.1) is 10.1 Å². The monoisotopic (exact) mass is 319 g/mol. The number of nitrogens with zero attached hydrogens (tertiary/aromatic N) is 2. The number of benzene rings is 3. The Bertz CT molecular complexity index is 768. The molecule has 0 fully saturated rings. The Morgan fingerprint density at radius 1 is 0.792 bits per heavy atom. The lowest BCUT2D eigenvalue weighted by Gasteiger charge is -2.25. The van der Waals surface area contributed by atoms with Crippen molar-refractivity contribution in [2.75, 3.05) is 5.01 Å². The molecule has 0 unspecified atom stereocenters. The molecule has 1 N–H and O–H groups in total. The van der Waals surface area contributed by atoms with Crippen LogP contribution in [0.15, 0.2) is 84.9 Å². The van der Waals surface area contributed by atoms with E-state index in [0.717, 1.165) is 11.4 Å². The molecule has 0 aliphatic rings.